The first-order chi connectivity index (χ1) is 15.7. The van der Waals surface area contributed by atoms with E-state index in [0.717, 1.165) is 11.1 Å². The summed E-state index contributed by atoms with van der Waals surface area (Å²) in [7, 11) is 0. The molecule has 4 rings (SSSR count). The minimum atomic E-state index is -0.0638. The summed E-state index contributed by atoms with van der Waals surface area (Å²) in [5, 5.41) is 17.1. The number of ether oxygens (including phenoxy) is 1. The van der Waals surface area contributed by atoms with Gasteiger partial charge in [0.25, 0.3) is 0 Å². The molecule has 32 heavy (non-hydrogen) atoms. The predicted octanol–water partition coefficient (Wildman–Crippen LogP) is 4.67. The van der Waals surface area contributed by atoms with Crippen molar-refractivity contribution in [2.75, 3.05) is 0 Å². The number of carbonyl (C=O) groups is 1. The van der Waals surface area contributed by atoms with Crippen molar-refractivity contribution in [1.82, 2.24) is 15.0 Å². The Labute approximate surface area is 186 Å². The highest BCUT2D eigenvalue weighted by molar-refractivity contribution is 6.06. The second-order valence-electron chi connectivity index (χ2n) is 7.14. The van der Waals surface area contributed by atoms with Gasteiger partial charge < -0.3 is 4.74 Å². The number of allylic oxidation sites excluding steroid dienone is 1. The number of nitriles is 1. The van der Waals surface area contributed by atoms with Crippen LogP contribution in [0.25, 0.3) is 6.08 Å². The van der Waals surface area contributed by atoms with Crippen LogP contribution in [0.5, 0.6) is 5.75 Å². The van der Waals surface area contributed by atoms with Crippen LogP contribution in [0.4, 0.5) is 0 Å². The molecule has 0 aliphatic heterocycles. The molecule has 1 aromatic heterocycles. The molecule has 156 valence electrons. The molecule has 3 aromatic carbocycles. The summed E-state index contributed by atoms with van der Waals surface area (Å²) in [5.74, 6) is 0.585. The first kappa shape index (κ1) is 20.8. The van der Waals surface area contributed by atoms with Gasteiger partial charge in [-0.15, -0.1) is 5.10 Å². The second-order valence-corrected chi connectivity index (χ2v) is 7.14. The lowest BCUT2D eigenvalue weighted by atomic mass is 10.1. The monoisotopic (exact) mass is 420 g/mol. The molecule has 0 unspecified atom stereocenters. The van der Waals surface area contributed by atoms with Gasteiger partial charge in [-0.3, -0.25) is 4.79 Å². The van der Waals surface area contributed by atoms with E-state index in [1.54, 1.807) is 53.2 Å². The maximum atomic E-state index is 12.3. The maximum absolute atomic E-state index is 12.3. The fourth-order valence-corrected chi connectivity index (χ4v) is 3.06. The summed E-state index contributed by atoms with van der Waals surface area (Å²) < 4.78 is 7.49. The third-order valence-electron chi connectivity index (χ3n) is 4.77. The van der Waals surface area contributed by atoms with Gasteiger partial charge in [0, 0.05) is 5.56 Å². The zero-order chi connectivity index (χ0) is 22.2. The van der Waals surface area contributed by atoms with Crippen LogP contribution in [-0.4, -0.2) is 20.8 Å². The van der Waals surface area contributed by atoms with Crippen molar-refractivity contribution in [3.8, 4) is 11.8 Å². The Morgan fingerprint density at radius 3 is 2.47 bits per heavy atom. The number of rotatable bonds is 8. The molecular weight excluding hydrogens is 400 g/mol. The van der Waals surface area contributed by atoms with Crippen LogP contribution >= 0.6 is 0 Å². The summed E-state index contributed by atoms with van der Waals surface area (Å²) in [6.07, 6.45) is 5.19. The molecule has 1 heterocycles. The van der Waals surface area contributed by atoms with E-state index in [-0.39, 0.29) is 12.4 Å². The van der Waals surface area contributed by atoms with E-state index in [0.29, 0.717) is 29.1 Å². The molecular formula is C26H20N4O2. The highest BCUT2D eigenvalue weighted by atomic mass is 16.5. The van der Waals surface area contributed by atoms with Crippen molar-refractivity contribution in [2.45, 2.75) is 13.2 Å². The quantitative estimate of drug-likeness (QED) is 0.306. The Kier molecular flexibility index (Phi) is 6.49. The van der Waals surface area contributed by atoms with Gasteiger partial charge in [0.05, 0.1) is 24.4 Å². The predicted molar refractivity (Wildman–Crippen MR) is 121 cm³/mol. The van der Waals surface area contributed by atoms with Gasteiger partial charge in [0.15, 0.2) is 5.78 Å². The summed E-state index contributed by atoms with van der Waals surface area (Å²) in [6, 6.07) is 26.2. The van der Waals surface area contributed by atoms with Gasteiger partial charge in [-0.25, -0.2) is 4.68 Å². The van der Waals surface area contributed by atoms with Crippen LogP contribution in [-0.2, 0) is 13.2 Å². The van der Waals surface area contributed by atoms with Crippen molar-refractivity contribution in [3.63, 3.8) is 0 Å². The first-order valence-corrected chi connectivity index (χ1v) is 10.1. The second kappa shape index (κ2) is 10.0. The lowest BCUT2D eigenvalue weighted by Gasteiger charge is -2.04. The van der Waals surface area contributed by atoms with E-state index in [1.165, 1.54) is 0 Å². The number of aromatic nitrogens is 3. The van der Waals surface area contributed by atoms with Crippen LogP contribution < -0.4 is 4.74 Å². The fourth-order valence-electron chi connectivity index (χ4n) is 3.06. The first-order valence-electron chi connectivity index (χ1n) is 10.1. The zero-order valence-electron chi connectivity index (χ0n) is 17.3. The minimum Gasteiger partial charge on any atom is -0.487 e. The Morgan fingerprint density at radius 1 is 1.00 bits per heavy atom. The lowest BCUT2D eigenvalue weighted by Crippen LogP contribution is -2.00. The molecule has 0 N–H and O–H groups in total. The molecule has 0 bridgehead atoms. The van der Waals surface area contributed by atoms with Crippen LogP contribution in [0.3, 0.4) is 0 Å². The molecule has 0 saturated carbocycles. The fraction of sp³-hybridized carbons (Fsp3) is 0.0769. The van der Waals surface area contributed by atoms with E-state index in [9.17, 15) is 4.79 Å². The number of carbonyl (C=O) groups excluding carboxylic acids is 1. The average Bonchev–Trinajstić information content (AvgIpc) is 3.30. The van der Waals surface area contributed by atoms with E-state index >= 15 is 0 Å². The number of nitrogens with zero attached hydrogens (tertiary/aromatic N) is 4. The van der Waals surface area contributed by atoms with Crippen LogP contribution in [0.15, 0.2) is 91.1 Å². The number of ketones is 1. The molecule has 6 heteroatoms. The molecule has 6 nitrogen and oxygen atoms in total. The van der Waals surface area contributed by atoms with Crippen LogP contribution in [0, 0.1) is 11.3 Å². The Balaban J connectivity index is 1.30. The van der Waals surface area contributed by atoms with Gasteiger partial charge >= 0.3 is 0 Å². The molecule has 0 amide bonds. The largest absolute Gasteiger partial charge is 0.487 e. The third kappa shape index (κ3) is 5.55. The van der Waals surface area contributed by atoms with Gasteiger partial charge in [-0.05, 0) is 53.6 Å². The smallest absolute Gasteiger partial charge is 0.185 e. The molecule has 0 spiro atoms. The van der Waals surface area contributed by atoms with Crippen LogP contribution in [0.1, 0.15) is 32.7 Å². The lowest BCUT2D eigenvalue weighted by molar-refractivity contribution is 0.104. The standard InChI is InChI=1S/C26H20N4O2/c27-16-21-6-8-22(9-7-21)17-30-18-24(28-29-30)19-32-25-13-11-23(12-14-25)26(31)15-10-20-4-2-1-3-5-20/h1-15,18H,17,19H2/b15-10+. The molecule has 0 aliphatic carbocycles. The number of benzene rings is 3. The molecule has 0 atom stereocenters. The average molecular weight is 420 g/mol. The Hall–Kier alpha value is -4.50. The van der Waals surface area contributed by atoms with Crippen molar-refractivity contribution >= 4 is 11.9 Å². The summed E-state index contributed by atoms with van der Waals surface area (Å²) >= 11 is 0. The van der Waals surface area contributed by atoms with Gasteiger partial charge in [-0.1, -0.05) is 53.8 Å². The van der Waals surface area contributed by atoms with E-state index in [2.05, 4.69) is 16.4 Å². The van der Waals surface area contributed by atoms with Gasteiger partial charge in [0.1, 0.15) is 18.1 Å². The van der Waals surface area contributed by atoms with Crippen molar-refractivity contribution in [2.24, 2.45) is 0 Å². The Bertz CT molecular complexity index is 1250. The topological polar surface area (TPSA) is 80.8 Å². The van der Waals surface area contributed by atoms with Crippen molar-refractivity contribution < 1.29 is 9.53 Å². The van der Waals surface area contributed by atoms with Crippen LogP contribution in [0.2, 0.25) is 0 Å². The van der Waals surface area contributed by atoms with E-state index in [1.807, 2.05) is 48.7 Å². The number of hydrogen-bond acceptors (Lipinski definition) is 5. The Morgan fingerprint density at radius 2 is 1.75 bits per heavy atom. The highest BCUT2D eigenvalue weighted by Crippen LogP contribution is 2.15. The highest BCUT2D eigenvalue weighted by Gasteiger charge is 2.05. The number of hydrogen-bond donors (Lipinski definition) is 0. The molecule has 0 radical (unpaired) electrons. The maximum Gasteiger partial charge on any atom is 0.185 e. The normalized spacial score (nSPS) is 10.7. The molecule has 4 aromatic rings. The summed E-state index contributed by atoms with van der Waals surface area (Å²) in [4.78, 5) is 12.3. The SMILES string of the molecule is N#Cc1ccc(Cn2cc(COc3ccc(C(=O)/C=C/c4ccccc4)cc3)nn2)cc1. The van der Waals surface area contributed by atoms with Crippen molar-refractivity contribution in [1.29, 1.82) is 5.26 Å². The van der Waals surface area contributed by atoms with E-state index in [4.69, 9.17) is 10.00 Å². The van der Waals surface area contributed by atoms with Crippen molar-refractivity contribution in [3.05, 3.63) is 119 Å². The molecule has 0 saturated heterocycles. The summed E-state index contributed by atoms with van der Waals surface area (Å²) in [5.41, 5.74) is 3.93. The van der Waals surface area contributed by atoms with E-state index < -0.39 is 0 Å². The zero-order valence-corrected chi connectivity index (χ0v) is 17.3. The summed E-state index contributed by atoms with van der Waals surface area (Å²) in [6.45, 7) is 0.834. The van der Waals surface area contributed by atoms with Gasteiger partial charge in [0.2, 0.25) is 0 Å². The van der Waals surface area contributed by atoms with Gasteiger partial charge in [-0.2, -0.15) is 5.26 Å². The molecule has 0 aliphatic rings. The minimum absolute atomic E-state index is 0.0638. The molecule has 0 fully saturated rings. The third-order valence-corrected chi connectivity index (χ3v) is 4.77.